The second-order valence-electron chi connectivity index (χ2n) is 9.96. The molecular formula is C33H39ClFN3O2. The molecule has 212 valence electrons. The minimum absolute atomic E-state index is 0.208. The molecule has 40 heavy (non-hydrogen) atoms. The number of aryl methyl sites for hydroxylation is 1. The molecule has 1 saturated heterocycles. The number of piperidine rings is 1. The molecule has 1 N–H and O–H groups in total. The molecule has 1 fully saturated rings. The standard InChI is InChI=1S/C25H29FN2O2.C8H10ClN/c1-3-19-18-28(25-23(19)6-4-7-24(25)29-2)15-5-14-27-16-12-22(13-17-27)30-21-10-8-20(26)9-11-21;1-10-6-7-3-2-4-8(9)5-7/h3-4,6-11,18,22H,1,5,12-17H2,2H3;2-5,10H,6H2,1H3. The highest BCUT2D eigenvalue weighted by Crippen LogP contribution is 2.30. The number of benzene rings is 3. The summed E-state index contributed by atoms with van der Waals surface area (Å²) in [4.78, 5) is 2.50. The summed E-state index contributed by atoms with van der Waals surface area (Å²) in [6, 6.07) is 20.3. The number of hydrogen-bond donors (Lipinski definition) is 1. The number of ether oxygens (including phenoxy) is 2. The Labute approximate surface area is 242 Å². The van der Waals surface area contributed by atoms with Gasteiger partial charge in [-0.1, -0.05) is 48.5 Å². The molecule has 5 nitrogen and oxygen atoms in total. The number of aromatic nitrogens is 1. The van der Waals surface area contributed by atoms with Crippen LogP contribution in [0, 0.1) is 5.82 Å². The van der Waals surface area contributed by atoms with Crippen LogP contribution >= 0.6 is 11.6 Å². The summed E-state index contributed by atoms with van der Waals surface area (Å²) in [7, 11) is 3.64. The Morgan fingerprint density at radius 1 is 1.05 bits per heavy atom. The third-order valence-electron chi connectivity index (χ3n) is 7.13. The van der Waals surface area contributed by atoms with Gasteiger partial charge in [-0.15, -0.1) is 0 Å². The summed E-state index contributed by atoms with van der Waals surface area (Å²) in [5.74, 6) is 1.42. The third-order valence-corrected chi connectivity index (χ3v) is 7.36. The number of para-hydroxylation sites is 1. The van der Waals surface area contributed by atoms with E-state index in [-0.39, 0.29) is 11.9 Å². The SMILES string of the molecule is C=Cc1cn(CCCN2CCC(Oc3ccc(F)cc3)CC2)c2c(OC)cccc12.CNCc1cccc(Cl)c1. The lowest BCUT2D eigenvalue weighted by Crippen LogP contribution is -2.38. The maximum Gasteiger partial charge on any atom is 0.143 e. The number of hydrogen-bond acceptors (Lipinski definition) is 4. The lowest BCUT2D eigenvalue weighted by molar-refractivity contribution is 0.0992. The summed E-state index contributed by atoms with van der Waals surface area (Å²) >= 11 is 5.75. The first-order valence-corrected chi connectivity index (χ1v) is 14.2. The molecule has 0 atom stereocenters. The van der Waals surface area contributed by atoms with Gasteiger partial charge in [0.2, 0.25) is 0 Å². The summed E-state index contributed by atoms with van der Waals surface area (Å²) in [6.07, 6.45) is 7.35. The molecule has 0 aliphatic carbocycles. The van der Waals surface area contributed by atoms with Gasteiger partial charge in [-0.05, 0) is 86.4 Å². The first-order chi connectivity index (χ1) is 19.5. The van der Waals surface area contributed by atoms with Gasteiger partial charge in [0.25, 0.3) is 0 Å². The fraction of sp³-hybridized carbons (Fsp3) is 0.333. The van der Waals surface area contributed by atoms with E-state index in [1.54, 1.807) is 19.2 Å². The van der Waals surface area contributed by atoms with E-state index in [1.807, 2.05) is 49.5 Å². The summed E-state index contributed by atoms with van der Waals surface area (Å²) < 4.78 is 26.9. The normalized spacial score (nSPS) is 14.0. The predicted octanol–water partition coefficient (Wildman–Crippen LogP) is 7.42. The van der Waals surface area contributed by atoms with E-state index < -0.39 is 0 Å². The van der Waals surface area contributed by atoms with Crippen LogP contribution in [0.1, 0.15) is 30.4 Å². The number of rotatable bonds is 10. The molecule has 0 bridgehead atoms. The average Bonchev–Trinajstić information content (AvgIpc) is 3.34. The molecule has 0 amide bonds. The Bertz CT molecular complexity index is 1360. The highest BCUT2D eigenvalue weighted by molar-refractivity contribution is 6.30. The largest absolute Gasteiger partial charge is 0.495 e. The van der Waals surface area contributed by atoms with Crippen molar-refractivity contribution in [1.29, 1.82) is 0 Å². The molecule has 0 saturated carbocycles. The average molecular weight is 564 g/mol. The van der Waals surface area contributed by atoms with Crippen LogP contribution in [0.4, 0.5) is 4.39 Å². The Hall–Kier alpha value is -3.32. The Balaban J connectivity index is 0.000000312. The van der Waals surface area contributed by atoms with Crippen molar-refractivity contribution in [1.82, 2.24) is 14.8 Å². The van der Waals surface area contributed by atoms with E-state index in [0.29, 0.717) is 0 Å². The summed E-state index contributed by atoms with van der Waals surface area (Å²) in [6.45, 7) is 8.88. The molecule has 1 aliphatic heterocycles. The topological polar surface area (TPSA) is 38.7 Å². The number of likely N-dealkylation sites (tertiary alicyclic amines) is 1. The molecule has 7 heteroatoms. The zero-order valence-corrected chi connectivity index (χ0v) is 24.2. The van der Waals surface area contributed by atoms with Crippen molar-refractivity contribution >= 4 is 28.6 Å². The van der Waals surface area contributed by atoms with Crippen molar-refractivity contribution in [3.8, 4) is 11.5 Å². The van der Waals surface area contributed by atoms with E-state index in [1.165, 1.54) is 23.1 Å². The monoisotopic (exact) mass is 563 g/mol. The fourth-order valence-corrected chi connectivity index (χ4v) is 5.34. The first-order valence-electron chi connectivity index (χ1n) is 13.8. The van der Waals surface area contributed by atoms with Crippen molar-refractivity contribution in [2.24, 2.45) is 0 Å². The van der Waals surface area contributed by atoms with Gasteiger partial charge in [0.05, 0.1) is 12.6 Å². The van der Waals surface area contributed by atoms with Gasteiger partial charge >= 0.3 is 0 Å². The number of halogens is 2. The Kier molecular flexibility index (Phi) is 11.0. The van der Waals surface area contributed by atoms with Crippen LogP contribution in [-0.4, -0.2) is 49.4 Å². The van der Waals surface area contributed by atoms with Crippen LogP contribution in [0.25, 0.3) is 17.0 Å². The highest BCUT2D eigenvalue weighted by Gasteiger charge is 2.20. The van der Waals surface area contributed by atoms with Crippen molar-refractivity contribution in [3.05, 3.63) is 101 Å². The van der Waals surface area contributed by atoms with Crippen LogP contribution in [0.2, 0.25) is 5.02 Å². The van der Waals surface area contributed by atoms with Gasteiger partial charge in [-0.25, -0.2) is 4.39 Å². The second kappa shape index (κ2) is 14.9. The molecule has 3 aromatic carbocycles. The zero-order chi connectivity index (χ0) is 28.3. The zero-order valence-electron chi connectivity index (χ0n) is 23.4. The molecular weight excluding hydrogens is 525 g/mol. The second-order valence-corrected chi connectivity index (χ2v) is 10.4. The molecule has 5 rings (SSSR count). The molecule has 0 spiro atoms. The van der Waals surface area contributed by atoms with Crippen molar-refractivity contribution in [2.75, 3.05) is 33.8 Å². The summed E-state index contributed by atoms with van der Waals surface area (Å²) in [5, 5.41) is 5.03. The van der Waals surface area contributed by atoms with Gasteiger partial charge < -0.3 is 24.3 Å². The van der Waals surface area contributed by atoms with Gasteiger partial charge in [0.15, 0.2) is 0 Å². The van der Waals surface area contributed by atoms with Gasteiger partial charge in [0, 0.05) is 42.8 Å². The fourth-order valence-electron chi connectivity index (χ4n) is 5.13. The maximum absolute atomic E-state index is 13.0. The number of methoxy groups -OCH3 is 1. The lowest BCUT2D eigenvalue weighted by atomic mass is 10.1. The van der Waals surface area contributed by atoms with Crippen LogP contribution in [0.5, 0.6) is 11.5 Å². The highest BCUT2D eigenvalue weighted by atomic mass is 35.5. The molecule has 2 heterocycles. The van der Waals surface area contributed by atoms with E-state index in [9.17, 15) is 4.39 Å². The van der Waals surface area contributed by atoms with E-state index in [4.69, 9.17) is 21.1 Å². The quantitative estimate of drug-likeness (QED) is 0.218. The molecule has 0 unspecified atom stereocenters. The molecule has 4 aromatic rings. The van der Waals surface area contributed by atoms with Gasteiger partial charge in [-0.3, -0.25) is 0 Å². The van der Waals surface area contributed by atoms with E-state index >= 15 is 0 Å². The minimum Gasteiger partial charge on any atom is -0.495 e. The van der Waals surface area contributed by atoms with Crippen molar-refractivity contribution in [3.63, 3.8) is 0 Å². The summed E-state index contributed by atoms with van der Waals surface area (Å²) in [5.41, 5.74) is 3.50. The minimum atomic E-state index is -0.231. The molecule has 0 radical (unpaired) electrons. The number of nitrogens with zero attached hydrogens (tertiary/aromatic N) is 2. The van der Waals surface area contributed by atoms with Crippen LogP contribution in [0.15, 0.2) is 79.5 Å². The first kappa shape index (κ1) is 29.7. The third kappa shape index (κ3) is 8.10. The number of nitrogens with one attached hydrogen (secondary N) is 1. The lowest BCUT2D eigenvalue weighted by Gasteiger charge is -2.32. The predicted molar refractivity (Wildman–Crippen MR) is 164 cm³/mol. The smallest absolute Gasteiger partial charge is 0.143 e. The van der Waals surface area contributed by atoms with Crippen LogP contribution in [0.3, 0.4) is 0 Å². The maximum atomic E-state index is 13.0. The Morgan fingerprint density at radius 2 is 1.80 bits per heavy atom. The van der Waals surface area contributed by atoms with E-state index in [0.717, 1.165) is 79.6 Å². The molecule has 1 aromatic heterocycles. The number of fused-ring (bicyclic) bond motifs is 1. The van der Waals surface area contributed by atoms with Gasteiger partial charge in [-0.2, -0.15) is 0 Å². The van der Waals surface area contributed by atoms with E-state index in [2.05, 4.69) is 33.6 Å². The van der Waals surface area contributed by atoms with Gasteiger partial charge in [0.1, 0.15) is 23.4 Å². The van der Waals surface area contributed by atoms with Crippen molar-refractivity contribution in [2.45, 2.75) is 38.5 Å². The van der Waals surface area contributed by atoms with Crippen molar-refractivity contribution < 1.29 is 13.9 Å². The Morgan fingerprint density at radius 3 is 2.48 bits per heavy atom. The van der Waals surface area contributed by atoms with Crippen LogP contribution in [-0.2, 0) is 13.1 Å². The van der Waals surface area contributed by atoms with Crippen LogP contribution < -0.4 is 14.8 Å². The molecule has 1 aliphatic rings.